The highest BCUT2D eigenvalue weighted by Crippen LogP contribution is 2.47. The van der Waals surface area contributed by atoms with Gasteiger partial charge in [0.1, 0.15) is 0 Å². The van der Waals surface area contributed by atoms with E-state index in [1.165, 1.54) is 49.0 Å². The van der Waals surface area contributed by atoms with E-state index in [0.717, 1.165) is 17.9 Å². The molecule has 0 atom stereocenters. The van der Waals surface area contributed by atoms with Crippen LogP contribution >= 0.6 is 15.8 Å². The van der Waals surface area contributed by atoms with Crippen molar-refractivity contribution in [2.75, 3.05) is 0 Å². The Kier molecular flexibility index (Phi) is 9.84. The van der Waals surface area contributed by atoms with Crippen molar-refractivity contribution < 1.29 is 5.11 Å². The first-order valence-corrected chi connectivity index (χ1v) is 17.5. The van der Waals surface area contributed by atoms with Crippen molar-refractivity contribution in [2.24, 2.45) is 0 Å². The van der Waals surface area contributed by atoms with Crippen molar-refractivity contribution in [3.05, 3.63) is 155 Å². The summed E-state index contributed by atoms with van der Waals surface area (Å²) in [5, 5.41) is 16.3. The summed E-state index contributed by atoms with van der Waals surface area (Å²) in [7, 11) is -1.22. The van der Waals surface area contributed by atoms with Gasteiger partial charge in [0.2, 0.25) is 0 Å². The zero-order valence-electron chi connectivity index (χ0n) is 24.6. The van der Waals surface area contributed by atoms with Crippen LogP contribution in [0.1, 0.15) is 53.1 Å². The lowest BCUT2D eigenvalue weighted by Crippen LogP contribution is -2.19. The molecule has 0 radical (unpaired) electrons. The fourth-order valence-electron chi connectivity index (χ4n) is 5.98. The van der Waals surface area contributed by atoms with Crippen LogP contribution in [0.15, 0.2) is 121 Å². The Balaban J connectivity index is 1.70. The first kappa shape index (κ1) is 29.4. The van der Waals surface area contributed by atoms with Crippen LogP contribution in [0.3, 0.4) is 0 Å². The summed E-state index contributed by atoms with van der Waals surface area (Å²) >= 11 is 0. The van der Waals surface area contributed by atoms with Gasteiger partial charge in [0.05, 0.1) is 6.61 Å². The largest absolute Gasteiger partial charge is 0.392 e. The molecule has 5 aromatic rings. The molecule has 0 unspecified atom stereocenters. The Morgan fingerprint density at radius 3 is 1.02 bits per heavy atom. The second-order valence-electron chi connectivity index (χ2n) is 10.9. The second-order valence-corrected chi connectivity index (χ2v) is 15.3. The van der Waals surface area contributed by atoms with Gasteiger partial charge in [-0.15, -0.1) is 0 Å². The maximum absolute atomic E-state index is 10.7. The zero-order valence-corrected chi connectivity index (χ0v) is 26.4. The van der Waals surface area contributed by atoms with Gasteiger partial charge in [-0.25, -0.2) is 0 Å². The van der Waals surface area contributed by atoms with Gasteiger partial charge in [0.25, 0.3) is 0 Å². The molecule has 5 rings (SSSR count). The summed E-state index contributed by atoms with van der Waals surface area (Å²) < 4.78 is 0. The number of benzene rings is 5. The highest BCUT2D eigenvalue weighted by molar-refractivity contribution is 7.72. The van der Waals surface area contributed by atoms with Crippen LogP contribution in [0.25, 0.3) is 0 Å². The van der Waals surface area contributed by atoms with Gasteiger partial charge in [-0.3, -0.25) is 0 Å². The quantitative estimate of drug-likeness (QED) is 0.167. The highest BCUT2D eigenvalue weighted by Gasteiger charge is 2.27. The minimum atomic E-state index is -0.608. The summed E-state index contributed by atoms with van der Waals surface area (Å²) in [5.74, 6) is 0.372. The van der Waals surface area contributed by atoms with Crippen LogP contribution in [0.5, 0.6) is 0 Å². The molecule has 3 heteroatoms. The fourth-order valence-corrected chi connectivity index (χ4v) is 10.9. The van der Waals surface area contributed by atoms with E-state index in [1.807, 2.05) is 0 Å². The molecule has 0 aliphatic carbocycles. The molecule has 0 bridgehead atoms. The third-order valence-corrected chi connectivity index (χ3v) is 13.1. The smallest absolute Gasteiger partial charge is 0.0687 e. The molecule has 5 aromatic carbocycles. The maximum atomic E-state index is 10.7. The number of aliphatic hydroxyl groups excluding tert-OH is 1. The van der Waals surface area contributed by atoms with E-state index in [9.17, 15) is 5.11 Å². The minimum absolute atomic E-state index is 0.0687. The Hall–Kier alpha value is -3.08. The van der Waals surface area contributed by atoms with Crippen molar-refractivity contribution in [1.82, 2.24) is 0 Å². The van der Waals surface area contributed by atoms with Crippen LogP contribution in [0.2, 0.25) is 0 Å². The van der Waals surface area contributed by atoms with Gasteiger partial charge in [-0.05, 0) is 90.2 Å². The SMILES string of the molecule is Cc1c(CO)c(C)c(CP(c2ccccc2)c2ccccc2)c(C(C)C)c1CP(c1ccccc1)c1ccccc1. The molecular weight excluding hydrogens is 534 g/mol. The number of hydrogen-bond acceptors (Lipinski definition) is 1. The molecule has 1 nitrogen and oxygen atoms in total. The minimum Gasteiger partial charge on any atom is -0.392 e. The van der Waals surface area contributed by atoms with Gasteiger partial charge in [-0.1, -0.05) is 135 Å². The van der Waals surface area contributed by atoms with Gasteiger partial charge in [0, 0.05) is 12.3 Å². The molecule has 0 saturated heterocycles. The second kappa shape index (κ2) is 13.7. The lowest BCUT2D eigenvalue weighted by atomic mass is 9.84. The summed E-state index contributed by atoms with van der Waals surface area (Å²) in [6.07, 6.45) is 1.94. The maximum Gasteiger partial charge on any atom is 0.0687 e. The predicted octanol–water partition coefficient (Wildman–Crippen LogP) is 8.18. The average Bonchev–Trinajstić information content (AvgIpc) is 3.02. The average molecular weight is 575 g/mol. The standard InChI is InChI=1S/C38H40OP2/c1-28(2)38-36(26-40(31-17-9-5-10-18-31)32-19-11-6-12-20-32)29(3)35(25-39)30(4)37(38)27-41(33-21-13-7-14-22-33)34-23-15-8-16-24-34/h5-24,28,39H,25-27H2,1-4H3. The summed E-state index contributed by atoms with van der Waals surface area (Å²) in [5.41, 5.74) is 7.97. The fraction of sp³-hybridized carbons (Fsp3) is 0.211. The van der Waals surface area contributed by atoms with Crippen LogP contribution in [0, 0.1) is 13.8 Å². The molecule has 0 aromatic heterocycles. The lowest BCUT2D eigenvalue weighted by molar-refractivity contribution is 0.280. The monoisotopic (exact) mass is 574 g/mol. The van der Waals surface area contributed by atoms with E-state index >= 15 is 0 Å². The molecule has 0 heterocycles. The van der Waals surface area contributed by atoms with E-state index in [2.05, 4.69) is 149 Å². The molecule has 41 heavy (non-hydrogen) atoms. The van der Waals surface area contributed by atoms with E-state index in [0.29, 0.717) is 5.92 Å². The molecule has 0 aliphatic rings. The Morgan fingerprint density at radius 1 is 0.488 bits per heavy atom. The van der Waals surface area contributed by atoms with Crippen LogP contribution in [-0.4, -0.2) is 5.11 Å². The first-order chi connectivity index (χ1) is 20.0. The molecule has 0 spiro atoms. The van der Waals surface area contributed by atoms with E-state index in [4.69, 9.17) is 0 Å². The van der Waals surface area contributed by atoms with Crippen molar-refractivity contribution in [3.63, 3.8) is 0 Å². The third kappa shape index (κ3) is 6.55. The van der Waals surface area contributed by atoms with Gasteiger partial charge in [-0.2, -0.15) is 0 Å². The number of rotatable bonds is 10. The van der Waals surface area contributed by atoms with Gasteiger partial charge >= 0.3 is 0 Å². The van der Waals surface area contributed by atoms with Crippen molar-refractivity contribution in [1.29, 1.82) is 0 Å². The van der Waals surface area contributed by atoms with Gasteiger partial charge < -0.3 is 5.11 Å². The first-order valence-electron chi connectivity index (χ1n) is 14.5. The van der Waals surface area contributed by atoms with E-state index in [-0.39, 0.29) is 6.61 Å². The Labute approximate surface area is 248 Å². The highest BCUT2D eigenvalue weighted by atomic mass is 31.1. The zero-order chi connectivity index (χ0) is 28.8. The van der Waals surface area contributed by atoms with E-state index in [1.54, 1.807) is 0 Å². The summed E-state index contributed by atoms with van der Waals surface area (Å²) in [6.45, 7) is 9.24. The topological polar surface area (TPSA) is 20.2 Å². The number of aliphatic hydroxyl groups is 1. The van der Waals surface area contributed by atoms with Crippen LogP contribution in [-0.2, 0) is 18.9 Å². The predicted molar refractivity (Wildman–Crippen MR) is 181 cm³/mol. The van der Waals surface area contributed by atoms with E-state index < -0.39 is 15.8 Å². The molecule has 0 aliphatic heterocycles. The van der Waals surface area contributed by atoms with Crippen molar-refractivity contribution in [3.8, 4) is 0 Å². The van der Waals surface area contributed by atoms with Crippen LogP contribution in [0.4, 0.5) is 0 Å². The Bertz CT molecular complexity index is 1360. The molecule has 208 valence electrons. The molecule has 0 saturated carbocycles. The van der Waals surface area contributed by atoms with Crippen molar-refractivity contribution in [2.45, 2.75) is 52.5 Å². The van der Waals surface area contributed by atoms with Crippen LogP contribution < -0.4 is 21.2 Å². The summed E-state index contributed by atoms with van der Waals surface area (Å²) in [6, 6.07) is 44.0. The van der Waals surface area contributed by atoms with Crippen molar-refractivity contribution >= 4 is 37.1 Å². The lowest BCUT2D eigenvalue weighted by Gasteiger charge is -2.30. The molecule has 1 N–H and O–H groups in total. The third-order valence-electron chi connectivity index (χ3n) is 8.10. The molecule has 0 amide bonds. The Morgan fingerprint density at radius 2 is 0.780 bits per heavy atom. The number of hydrogen-bond donors (Lipinski definition) is 1. The normalized spacial score (nSPS) is 11.5. The van der Waals surface area contributed by atoms with Gasteiger partial charge in [0.15, 0.2) is 0 Å². The summed E-state index contributed by atoms with van der Waals surface area (Å²) in [4.78, 5) is 0. The molecule has 0 fully saturated rings. The molecular formula is C38H40OP2.